The van der Waals surface area contributed by atoms with Crippen molar-refractivity contribution < 1.29 is 26.2 Å². The van der Waals surface area contributed by atoms with Crippen LogP contribution in [0.1, 0.15) is 0 Å². The van der Waals surface area contributed by atoms with Crippen molar-refractivity contribution in [2.24, 2.45) is 0 Å². The van der Waals surface area contributed by atoms with E-state index in [1.807, 2.05) is 72.8 Å². The molecule has 0 spiro atoms. The first-order valence-electron chi connectivity index (χ1n) is 12.9. The van der Waals surface area contributed by atoms with Gasteiger partial charge in [0, 0.05) is 38.0 Å². The fourth-order valence-electron chi connectivity index (χ4n) is 5.67. The van der Waals surface area contributed by atoms with E-state index in [-0.39, 0.29) is 26.8 Å². The van der Waals surface area contributed by atoms with Gasteiger partial charge in [-0.2, -0.15) is 10.2 Å². The number of aromatic hydroxyl groups is 1. The Hall–Kier alpha value is -4.66. The minimum atomic E-state index is 0. The minimum absolute atomic E-state index is 0. The van der Waals surface area contributed by atoms with Gasteiger partial charge >= 0.3 is 0 Å². The molecule has 0 saturated heterocycles. The topological polar surface area (TPSA) is 58.9 Å². The van der Waals surface area contributed by atoms with Crippen LogP contribution in [0.25, 0.3) is 77.0 Å². The van der Waals surface area contributed by atoms with Gasteiger partial charge in [0.15, 0.2) is 0 Å². The molecule has 0 fully saturated rings. The number of nitrogens with zero attached hydrogens (tertiary/aromatic N) is 3. The molecule has 0 unspecified atom stereocenters. The molecule has 0 aliphatic carbocycles. The molecule has 4 nitrogen and oxygen atoms in total. The average Bonchev–Trinajstić information content (AvgIpc) is 2.99. The van der Waals surface area contributed by atoms with Crippen LogP contribution in [-0.4, -0.2) is 20.3 Å². The third kappa shape index (κ3) is 3.84. The van der Waals surface area contributed by atoms with Gasteiger partial charge in [0.05, 0.1) is 11.2 Å². The van der Waals surface area contributed by atoms with E-state index in [4.69, 9.17) is 4.98 Å². The largest absolute Gasteiger partial charge is 0.507 e. The molecule has 40 heavy (non-hydrogen) atoms. The number of rotatable bonds is 3. The quantitative estimate of drug-likeness (QED) is 0.149. The van der Waals surface area contributed by atoms with E-state index in [9.17, 15) is 5.11 Å². The van der Waals surface area contributed by atoms with Crippen molar-refractivity contribution in [3.8, 4) is 39.5 Å². The van der Waals surface area contributed by atoms with E-state index in [0.717, 1.165) is 55.1 Å². The first-order chi connectivity index (χ1) is 19.2. The number of benzene rings is 6. The molecule has 0 aliphatic rings. The molecule has 0 atom stereocenters. The van der Waals surface area contributed by atoms with Crippen LogP contribution >= 0.6 is 0 Å². The number of aromatic nitrogens is 3. The SMILES string of the molecule is Oc1cc2ccc3cccc4ccc(c1-c1cccc(-c5[c-]c(-c6cc7ccccc7nn6)ccc5)n1)c2c34.[Pt]. The van der Waals surface area contributed by atoms with Crippen molar-refractivity contribution in [3.63, 3.8) is 0 Å². The number of hydrogen-bond acceptors (Lipinski definition) is 4. The van der Waals surface area contributed by atoms with E-state index < -0.39 is 0 Å². The third-order valence-electron chi connectivity index (χ3n) is 7.47. The van der Waals surface area contributed by atoms with Crippen LogP contribution in [0.5, 0.6) is 5.75 Å². The van der Waals surface area contributed by atoms with E-state index in [0.29, 0.717) is 5.69 Å². The molecular weight excluding hydrogens is 673 g/mol. The van der Waals surface area contributed by atoms with Crippen molar-refractivity contribution in [2.45, 2.75) is 0 Å². The summed E-state index contributed by atoms with van der Waals surface area (Å²) in [6, 6.07) is 41.9. The fourth-order valence-corrected chi connectivity index (χ4v) is 5.67. The zero-order valence-electron chi connectivity index (χ0n) is 21.1. The summed E-state index contributed by atoms with van der Waals surface area (Å²) in [6.07, 6.45) is 0. The summed E-state index contributed by atoms with van der Waals surface area (Å²) < 4.78 is 0. The monoisotopic (exact) mass is 693 g/mol. The van der Waals surface area contributed by atoms with Crippen molar-refractivity contribution in [1.82, 2.24) is 15.2 Å². The third-order valence-corrected chi connectivity index (χ3v) is 7.47. The number of fused-ring (bicyclic) bond motifs is 1. The number of pyridine rings is 1. The zero-order chi connectivity index (χ0) is 25.9. The van der Waals surface area contributed by atoms with Gasteiger partial charge in [-0.15, -0.1) is 24.3 Å². The molecule has 8 aromatic rings. The molecule has 0 saturated carbocycles. The van der Waals surface area contributed by atoms with Crippen LogP contribution in [0, 0.1) is 6.07 Å². The van der Waals surface area contributed by atoms with Crippen LogP contribution in [0.2, 0.25) is 0 Å². The smallest absolute Gasteiger partial charge is 0.126 e. The summed E-state index contributed by atoms with van der Waals surface area (Å²) in [5, 5.41) is 27.8. The van der Waals surface area contributed by atoms with Crippen molar-refractivity contribution in [3.05, 3.63) is 121 Å². The molecule has 5 heteroatoms. The maximum absolute atomic E-state index is 11.2. The molecule has 1 N–H and O–H groups in total. The summed E-state index contributed by atoms with van der Waals surface area (Å²) in [4.78, 5) is 5.01. The molecule has 192 valence electrons. The Morgan fingerprint density at radius 1 is 0.525 bits per heavy atom. The van der Waals surface area contributed by atoms with Crippen LogP contribution in [0.15, 0.2) is 115 Å². The van der Waals surface area contributed by atoms with Crippen LogP contribution in [0.4, 0.5) is 0 Å². The molecule has 0 radical (unpaired) electrons. The van der Waals surface area contributed by atoms with Crippen LogP contribution in [0.3, 0.4) is 0 Å². The second-order valence-electron chi connectivity index (χ2n) is 9.80. The van der Waals surface area contributed by atoms with Gasteiger partial charge in [-0.25, -0.2) is 0 Å². The predicted octanol–water partition coefficient (Wildman–Crippen LogP) is 8.43. The summed E-state index contributed by atoms with van der Waals surface area (Å²) in [6.45, 7) is 0. The second kappa shape index (κ2) is 9.51. The van der Waals surface area contributed by atoms with Gasteiger partial charge < -0.3 is 5.11 Å². The van der Waals surface area contributed by atoms with Crippen LogP contribution in [-0.2, 0) is 21.1 Å². The maximum Gasteiger partial charge on any atom is 0.126 e. The Bertz CT molecular complexity index is 2190. The minimum Gasteiger partial charge on any atom is -0.507 e. The molecule has 0 bridgehead atoms. The van der Waals surface area contributed by atoms with Gasteiger partial charge in [-0.1, -0.05) is 90.0 Å². The maximum atomic E-state index is 11.2. The van der Waals surface area contributed by atoms with Gasteiger partial charge in [-0.3, -0.25) is 4.98 Å². The molecule has 2 heterocycles. The van der Waals surface area contributed by atoms with Gasteiger partial charge in [0.1, 0.15) is 5.75 Å². The molecule has 2 aromatic heterocycles. The summed E-state index contributed by atoms with van der Waals surface area (Å²) in [5.41, 5.74) is 5.54. The first kappa shape index (κ1) is 24.4. The van der Waals surface area contributed by atoms with E-state index in [1.165, 1.54) is 16.2 Å². The van der Waals surface area contributed by atoms with Gasteiger partial charge in [-0.05, 0) is 55.9 Å². The van der Waals surface area contributed by atoms with Crippen molar-refractivity contribution in [2.75, 3.05) is 0 Å². The van der Waals surface area contributed by atoms with Gasteiger partial charge in [0.2, 0.25) is 0 Å². The van der Waals surface area contributed by atoms with Gasteiger partial charge in [0.25, 0.3) is 0 Å². The fraction of sp³-hybridized carbons (Fsp3) is 0. The van der Waals surface area contributed by atoms with E-state index >= 15 is 0 Å². The second-order valence-corrected chi connectivity index (χ2v) is 9.80. The molecule has 0 amide bonds. The molecular formula is C35H20N3OPt-. The number of phenolic OH excluding ortho intramolecular Hbond substituents is 1. The zero-order valence-corrected chi connectivity index (χ0v) is 23.3. The first-order valence-corrected chi connectivity index (χ1v) is 12.9. The molecule has 8 rings (SSSR count). The summed E-state index contributed by atoms with van der Waals surface area (Å²) in [5.74, 6) is 0.217. The Kier molecular flexibility index (Phi) is 5.80. The average molecular weight is 694 g/mol. The Balaban J connectivity index is 0.00000264. The molecule has 6 aromatic carbocycles. The summed E-state index contributed by atoms with van der Waals surface area (Å²) >= 11 is 0. The van der Waals surface area contributed by atoms with E-state index in [2.05, 4.69) is 58.7 Å². The number of hydrogen-bond donors (Lipinski definition) is 1. The number of phenols is 1. The van der Waals surface area contributed by atoms with E-state index in [1.54, 1.807) is 0 Å². The normalized spacial score (nSPS) is 11.4. The Morgan fingerprint density at radius 2 is 1.20 bits per heavy atom. The van der Waals surface area contributed by atoms with Crippen molar-refractivity contribution >= 4 is 43.2 Å². The standard InChI is InChI=1S/C35H20N3O.Pt/c39-32-20-26-15-14-21-7-3-8-22-16-17-27(34(26)33(21)22)35(32)30-13-5-12-28(36-30)23-9-4-10-24(18-23)31-19-25-6-1-2-11-29(25)37-38-31;/h1-17,19-20,39H;/q-1;. The van der Waals surface area contributed by atoms with Crippen molar-refractivity contribution in [1.29, 1.82) is 0 Å². The summed E-state index contributed by atoms with van der Waals surface area (Å²) in [7, 11) is 0. The van der Waals surface area contributed by atoms with Crippen LogP contribution < -0.4 is 0 Å². The molecule has 0 aliphatic heterocycles. The Morgan fingerprint density at radius 3 is 2.08 bits per heavy atom. The Labute approximate surface area is 244 Å². The predicted molar refractivity (Wildman–Crippen MR) is 158 cm³/mol.